The van der Waals surface area contributed by atoms with Gasteiger partial charge in [-0.3, -0.25) is 0 Å². The van der Waals surface area contributed by atoms with Crippen LogP contribution < -0.4 is 14.2 Å². The number of hydrogen-bond donors (Lipinski definition) is 0. The minimum atomic E-state index is 0.248. The van der Waals surface area contributed by atoms with Crippen molar-refractivity contribution in [3.05, 3.63) is 34.5 Å². The molecule has 1 aromatic carbocycles. The number of fused-ring (bicyclic) bond motifs is 2. The van der Waals surface area contributed by atoms with Crippen molar-refractivity contribution >= 4 is 21.6 Å². The Bertz CT molecular complexity index is 889. The largest absolute Gasteiger partial charge is 0.454 e. The molecule has 4 rings (SSSR count). The van der Waals surface area contributed by atoms with Gasteiger partial charge < -0.3 is 14.2 Å². The van der Waals surface area contributed by atoms with Crippen LogP contribution in [0.4, 0.5) is 0 Å². The number of hydrogen-bond acceptors (Lipinski definition) is 6. The van der Waals surface area contributed by atoms with Crippen molar-refractivity contribution in [1.82, 2.24) is 9.97 Å². The number of ether oxygens (including phenoxy) is 3. The third-order valence-electron chi connectivity index (χ3n) is 3.67. The lowest BCUT2D eigenvalue weighted by molar-refractivity contribution is 0.174. The topological polar surface area (TPSA) is 53.5 Å². The fourth-order valence-electron chi connectivity index (χ4n) is 2.44. The van der Waals surface area contributed by atoms with Crippen LogP contribution in [0, 0.1) is 20.8 Å². The maximum Gasteiger partial charge on any atom is 0.231 e. The minimum absolute atomic E-state index is 0.248. The molecule has 112 valence electrons. The molecule has 0 saturated carbocycles. The quantitative estimate of drug-likeness (QED) is 0.711. The first-order valence-corrected chi connectivity index (χ1v) is 7.75. The summed E-state index contributed by atoms with van der Waals surface area (Å²) in [5.41, 5.74) is 1.16. The van der Waals surface area contributed by atoms with Gasteiger partial charge in [-0.1, -0.05) is 0 Å². The van der Waals surface area contributed by atoms with Gasteiger partial charge in [0, 0.05) is 10.9 Å². The van der Waals surface area contributed by atoms with Crippen molar-refractivity contribution in [3.63, 3.8) is 0 Å². The van der Waals surface area contributed by atoms with E-state index in [2.05, 4.69) is 23.8 Å². The first-order chi connectivity index (χ1) is 10.6. The SMILES string of the molecule is Cc1nc(Oc2ccc3c(c2)OCO3)c2c(C)c(C)sc2n1. The van der Waals surface area contributed by atoms with Gasteiger partial charge in [0.05, 0.1) is 5.39 Å². The van der Waals surface area contributed by atoms with Crippen LogP contribution in [0.1, 0.15) is 16.3 Å². The number of aryl methyl sites for hydroxylation is 3. The molecule has 0 spiro atoms. The molecule has 0 saturated heterocycles. The highest BCUT2D eigenvalue weighted by atomic mass is 32.1. The van der Waals surface area contributed by atoms with Crippen LogP contribution in [0.3, 0.4) is 0 Å². The Morgan fingerprint density at radius 2 is 1.91 bits per heavy atom. The van der Waals surface area contributed by atoms with Gasteiger partial charge in [0.1, 0.15) is 16.4 Å². The molecule has 1 aliphatic heterocycles. The number of nitrogens with zero attached hydrogens (tertiary/aromatic N) is 2. The predicted octanol–water partition coefficient (Wildman–Crippen LogP) is 4.14. The average Bonchev–Trinajstić information content (AvgIpc) is 3.03. The molecule has 0 fully saturated rings. The summed E-state index contributed by atoms with van der Waals surface area (Å²) in [6.07, 6.45) is 0. The van der Waals surface area contributed by atoms with Gasteiger partial charge in [0.2, 0.25) is 12.7 Å². The lowest BCUT2D eigenvalue weighted by atomic mass is 10.2. The van der Waals surface area contributed by atoms with Crippen LogP contribution in [-0.2, 0) is 0 Å². The van der Waals surface area contributed by atoms with E-state index in [1.54, 1.807) is 11.3 Å². The van der Waals surface area contributed by atoms with Gasteiger partial charge in [-0.05, 0) is 38.5 Å². The summed E-state index contributed by atoms with van der Waals surface area (Å²) in [5, 5.41) is 0.978. The standard InChI is InChI=1S/C16H14N2O3S/c1-8-9(2)22-16-14(8)15(17-10(3)18-16)21-11-4-5-12-13(6-11)20-7-19-12/h4-6H,7H2,1-3H3. The smallest absolute Gasteiger partial charge is 0.231 e. The molecule has 2 aromatic heterocycles. The third kappa shape index (κ3) is 2.07. The van der Waals surface area contributed by atoms with Gasteiger partial charge in [-0.15, -0.1) is 11.3 Å². The molecule has 0 radical (unpaired) electrons. The van der Waals surface area contributed by atoms with Crippen molar-refractivity contribution < 1.29 is 14.2 Å². The van der Waals surface area contributed by atoms with Crippen LogP contribution in [-0.4, -0.2) is 16.8 Å². The monoisotopic (exact) mass is 314 g/mol. The first-order valence-electron chi connectivity index (χ1n) is 6.93. The second kappa shape index (κ2) is 4.84. The van der Waals surface area contributed by atoms with Gasteiger partial charge in [0.25, 0.3) is 0 Å². The Labute approximate surface area is 131 Å². The molecule has 6 heteroatoms. The molecule has 3 aromatic rings. The lowest BCUT2D eigenvalue weighted by Crippen LogP contribution is -1.94. The maximum absolute atomic E-state index is 6.01. The molecule has 0 bridgehead atoms. The number of benzene rings is 1. The molecule has 3 heterocycles. The van der Waals surface area contributed by atoms with Crippen LogP contribution in [0.15, 0.2) is 18.2 Å². The van der Waals surface area contributed by atoms with Crippen molar-refractivity contribution in [1.29, 1.82) is 0 Å². The van der Waals surface area contributed by atoms with E-state index >= 15 is 0 Å². The first kappa shape index (κ1) is 13.3. The number of rotatable bonds is 2. The van der Waals surface area contributed by atoms with Crippen LogP contribution in [0.5, 0.6) is 23.1 Å². The molecule has 1 aliphatic rings. The number of thiophene rings is 1. The molecule has 0 N–H and O–H groups in total. The van der Waals surface area contributed by atoms with E-state index in [0.29, 0.717) is 23.2 Å². The third-order valence-corrected chi connectivity index (χ3v) is 4.77. The molecule has 0 amide bonds. The van der Waals surface area contributed by atoms with Crippen LogP contribution in [0.2, 0.25) is 0 Å². The molecule has 5 nitrogen and oxygen atoms in total. The summed E-state index contributed by atoms with van der Waals surface area (Å²) in [7, 11) is 0. The maximum atomic E-state index is 6.01. The summed E-state index contributed by atoms with van der Waals surface area (Å²) in [6, 6.07) is 5.51. The Balaban J connectivity index is 1.81. The highest BCUT2D eigenvalue weighted by molar-refractivity contribution is 7.18. The molecular weight excluding hydrogens is 300 g/mol. The lowest BCUT2D eigenvalue weighted by Gasteiger charge is -2.08. The molecular formula is C16H14N2O3S. The van der Waals surface area contributed by atoms with Crippen molar-refractivity contribution in [3.8, 4) is 23.1 Å². The zero-order valence-corrected chi connectivity index (χ0v) is 13.3. The summed E-state index contributed by atoms with van der Waals surface area (Å²) in [5.74, 6) is 3.39. The number of aromatic nitrogens is 2. The van der Waals surface area contributed by atoms with E-state index in [9.17, 15) is 0 Å². The van der Waals surface area contributed by atoms with E-state index in [4.69, 9.17) is 14.2 Å². The van der Waals surface area contributed by atoms with Crippen molar-refractivity contribution in [2.75, 3.05) is 6.79 Å². The second-order valence-corrected chi connectivity index (χ2v) is 6.36. The highest BCUT2D eigenvalue weighted by Crippen LogP contribution is 2.39. The predicted molar refractivity (Wildman–Crippen MR) is 84.3 cm³/mol. The summed E-state index contributed by atoms with van der Waals surface area (Å²) in [4.78, 5) is 11.1. The second-order valence-electron chi connectivity index (χ2n) is 5.16. The highest BCUT2D eigenvalue weighted by Gasteiger charge is 2.17. The molecule has 0 aliphatic carbocycles. The van der Waals surface area contributed by atoms with E-state index < -0.39 is 0 Å². The fourth-order valence-corrected chi connectivity index (χ4v) is 3.51. The van der Waals surface area contributed by atoms with Crippen LogP contribution >= 0.6 is 11.3 Å². The molecule has 22 heavy (non-hydrogen) atoms. The molecule has 0 atom stereocenters. The van der Waals surface area contributed by atoms with Crippen LogP contribution in [0.25, 0.3) is 10.2 Å². The van der Waals surface area contributed by atoms with Gasteiger partial charge in [-0.2, -0.15) is 4.98 Å². The average molecular weight is 314 g/mol. The Morgan fingerprint density at radius 3 is 2.77 bits per heavy atom. The Kier molecular flexibility index (Phi) is 2.94. The summed E-state index contributed by atoms with van der Waals surface area (Å²) >= 11 is 1.66. The summed E-state index contributed by atoms with van der Waals surface area (Å²) in [6.45, 7) is 6.27. The van der Waals surface area contributed by atoms with Gasteiger partial charge in [-0.25, -0.2) is 4.98 Å². The summed E-state index contributed by atoms with van der Waals surface area (Å²) < 4.78 is 16.7. The minimum Gasteiger partial charge on any atom is -0.454 e. The fraction of sp³-hybridized carbons (Fsp3) is 0.250. The van der Waals surface area contributed by atoms with Crippen molar-refractivity contribution in [2.24, 2.45) is 0 Å². The van der Waals surface area contributed by atoms with Gasteiger partial charge >= 0.3 is 0 Å². The van der Waals surface area contributed by atoms with E-state index in [1.807, 2.05) is 25.1 Å². The Morgan fingerprint density at radius 1 is 1.09 bits per heavy atom. The van der Waals surface area contributed by atoms with Crippen molar-refractivity contribution in [2.45, 2.75) is 20.8 Å². The van der Waals surface area contributed by atoms with E-state index in [1.165, 1.54) is 4.88 Å². The zero-order chi connectivity index (χ0) is 15.3. The van der Waals surface area contributed by atoms with E-state index in [0.717, 1.165) is 21.5 Å². The van der Waals surface area contributed by atoms with E-state index in [-0.39, 0.29) is 6.79 Å². The molecule has 0 unspecified atom stereocenters. The Hall–Kier alpha value is -2.34. The zero-order valence-electron chi connectivity index (χ0n) is 12.5. The van der Waals surface area contributed by atoms with Gasteiger partial charge in [0.15, 0.2) is 11.5 Å². The normalized spacial score (nSPS) is 12.9.